The highest BCUT2D eigenvalue weighted by Gasteiger charge is 2.18. The number of nitrogens with one attached hydrogen (secondary N) is 1. The molecule has 1 N–H and O–H groups in total. The predicted molar refractivity (Wildman–Crippen MR) is 97.0 cm³/mol. The number of aromatic nitrogens is 2. The zero-order chi connectivity index (χ0) is 18.0. The van der Waals surface area contributed by atoms with E-state index >= 15 is 0 Å². The van der Waals surface area contributed by atoms with E-state index in [0.29, 0.717) is 18.1 Å². The van der Waals surface area contributed by atoms with Crippen LogP contribution in [0.5, 0.6) is 0 Å². The molecule has 0 aliphatic carbocycles. The highest BCUT2D eigenvalue weighted by atomic mass is 16.4. The SMILES string of the molecule is Cc1nc(N2CCCC2)nc(NCc2ccc(C(=O)N(C)C)o2)c1C. The van der Waals surface area contributed by atoms with Crippen LogP contribution in [0.2, 0.25) is 0 Å². The van der Waals surface area contributed by atoms with Crippen molar-refractivity contribution >= 4 is 17.7 Å². The predicted octanol–water partition coefficient (Wildman–Crippen LogP) is 2.60. The first kappa shape index (κ1) is 17.3. The standard InChI is InChI=1S/C18H25N5O2/c1-12-13(2)20-18(23-9-5-6-10-23)21-16(12)19-11-14-7-8-15(25-14)17(24)22(3)4/h7-8H,5-6,9-11H2,1-4H3,(H,19,20,21). The van der Waals surface area contributed by atoms with E-state index in [1.165, 1.54) is 17.7 Å². The Bertz CT molecular complexity index is 763. The number of carbonyl (C=O) groups excluding carboxylic acids is 1. The van der Waals surface area contributed by atoms with Gasteiger partial charge in [0.15, 0.2) is 5.76 Å². The second-order valence-electron chi connectivity index (χ2n) is 6.60. The Morgan fingerprint density at radius 1 is 1.24 bits per heavy atom. The van der Waals surface area contributed by atoms with E-state index in [4.69, 9.17) is 4.42 Å². The van der Waals surface area contributed by atoms with E-state index in [9.17, 15) is 4.79 Å². The Kier molecular flexibility index (Phi) is 4.92. The summed E-state index contributed by atoms with van der Waals surface area (Å²) in [6.45, 7) is 6.50. The van der Waals surface area contributed by atoms with Crippen molar-refractivity contribution in [1.29, 1.82) is 0 Å². The van der Waals surface area contributed by atoms with E-state index in [1.807, 2.05) is 19.9 Å². The average Bonchev–Trinajstić information content (AvgIpc) is 3.26. The van der Waals surface area contributed by atoms with Crippen molar-refractivity contribution < 1.29 is 9.21 Å². The third-order valence-corrected chi connectivity index (χ3v) is 4.48. The molecule has 2 aromatic rings. The fraction of sp³-hybridized carbons (Fsp3) is 0.500. The molecule has 134 valence electrons. The van der Waals surface area contributed by atoms with E-state index in [1.54, 1.807) is 20.2 Å². The number of hydrogen-bond donors (Lipinski definition) is 1. The molecule has 0 radical (unpaired) electrons. The van der Waals surface area contributed by atoms with Crippen molar-refractivity contribution in [1.82, 2.24) is 14.9 Å². The lowest BCUT2D eigenvalue weighted by Crippen LogP contribution is -2.22. The van der Waals surface area contributed by atoms with Gasteiger partial charge in [-0.3, -0.25) is 4.79 Å². The summed E-state index contributed by atoms with van der Waals surface area (Å²) in [5.74, 6) is 2.49. The summed E-state index contributed by atoms with van der Waals surface area (Å²) in [7, 11) is 3.41. The van der Waals surface area contributed by atoms with Crippen LogP contribution in [0.3, 0.4) is 0 Å². The monoisotopic (exact) mass is 343 g/mol. The van der Waals surface area contributed by atoms with Gasteiger partial charge in [0.1, 0.15) is 11.6 Å². The molecule has 0 bridgehead atoms. The third-order valence-electron chi connectivity index (χ3n) is 4.48. The zero-order valence-electron chi connectivity index (χ0n) is 15.3. The second kappa shape index (κ2) is 7.13. The van der Waals surface area contributed by atoms with Crippen LogP contribution in [0.1, 0.15) is 40.4 Å². The molecule has 1 aliphatic heterocycles. The summed E-state index contributed by atoms with van der Waals surface area (Å²) in [5, 5.41) is 3.32. The first-order chi connectivity index (χ1) is 12.0. The van der Waals surface area contributed by atoms with Gasteiger partial charge in [0.2, 0.25) is 5.95 Å². The van der Waals surface area contributed by atoms with E-state index in [0.717, 1.165) is 36.1 Å². The van der Waals surface area contributed by atoms with Gasteiger partial charge >= 0.3 is 0 Å². The maximum atomic E-state index is 11.9. The fourth-order valence-corrected chi connectivity index (χ4v) is 2.82. The Morgan fingerprint density at radius 3 is 2.64 bits per heavy atom. The molecule has 0 atom stereocenters. The van der Waals surface area contributed by atoms with E-state index in [-0.39, 0.29) is 5.91 Å². The lowest BCUT2D eigenvalue weighted by molar-refractivity contribution is 0.0795. The number of carbonyl (C=O) groups is 1. The number of furan rings is 1. The summed E-state index contributed by atoms with van der Waals surface area (Å²) in [5.41, 5.74) is 2.00. The molecular formula is C18H25N5O2. The molecule has 7 nitrogen and oxygen atoms in total. The molecule has 1 aliphatic rings. The van der Waals surface area contributed by atoms with Gasteiger partial charge in [-0.2, -0.15) is 4.98 Å². The Hall–Kier alpha value is -2.57. The maximum absolute atomic E-state index is 11.9. The Morgan fingerprint density at radius 2 is 1.96 bits per heavy atom. The smallest absolute Gasteiger partial charge is 0.289 e. The second-order valence-corrected chi connectivity index (χ2v) is 6.60. The molecule has 2 aromatic heterocycles. The Labute approximate surface area is 148 Å². The van der Waals surface area contributed by atoms with Gasteiger partial charge in [0.25, 0.3) is 5.91 Å². The molecule has 0 spiro atoms. The number of rotatable bonds is 5. The third kappa shape index (κ3) is 3.75. The minimum Gasteiger partial charge on any atom is -0.454 e. The summed E-state index contributed by atoms with van der Waals surface area (Å²) < 4.78 is 5.62. The van der Waals surface area contributed by atoms with Crippen molar-refractivity contribution in [3.63, 3.8) is 0 Å². The minimum atomic E-state index is -0.142. The average molecular weight is 343 g/mol. The van der Waals surface area contributed by atoms with Gasteiger partial charge < -0.3 is 19.5 Å². The largest absolute Gasteiger partial charge is 0.454 e. The summed E-state index contributed by atoms with van der Waals surface area (Å²) in [4.78, 5) is 24.9. The number of aryl methyl sites for hydroxylation is 1. The highest BCUT2D eigenvalue weighted by Crippen LogP contribution is 2.23. The van der Waals surface area contributed by atoms with Crippen molar-refractivity contribution in [2.45, 2.75) is 33.2 Å². The quantitative estimate of drug-likeness (QED) is 0.899. The molecule has 0 saturated carbocycles. The molecule has 1 saturated heterocycles. The van der Waals surface area contributed by atoms with Gasteiger partial charge in [-0.1, -0.05) is 0 Å². The van der Waals surface area contributed by atoms with Crippen LogP contribution in [-0.2, 0) is 6.54 Å². The number of nitrogens with zero attached hydrogens (tertiary/aromatic N) is 4. The number of anilines is 2. The first-order valence-electron chi connectivity index (χ1n) is 8.60. The van der Waals surface area contributed by atoms with Crippen molar-refractivity contribution in [2.75, 3.05) is 37.4 Å². The van der Waals surface area contributed by atoms with Crippen LogP contribution >= 0.6 is 0 Å². The lowest BCUT2D eigenvalue weighted by atomic mass is 10.2. The van der Waals surface area contributed by atoms with Crippen LogP contribution in [0.4, 0.5) is 11.8 Å². The van der Waals surface area contributed by atoms with Crippen LogP contribution in [-0.4, -0.2) is 48.0 Å². The van der Waals surface area contributed by atoms with Crippen LogP contribution < -0.4 is 10.2 Å². The number of amides is 1. The fourth-order valence-electron chi connectivity index (χ4n) is 2.82. The first-order valence-corrected chi connectivity index (χ1v) is 8.60. The molecule has 0 unspecified atom stereocenters. The molecule has 1 fully saturated rings. The molecule has 0 aromatic carbocycles. The van der Waals surface area contributed by atoms with E-state index in [2.05, 4.69) is 20.2 Å². The van der Waals surface area contributed by atoms with Gasteiger partial charge in [-0.15, -0.1) is 0 Å². The lowest BCUT2D eigenvalue weighted by Gasteiger charge is -2.18. The molecule has 3 rings (SSSR count). The molecule has 1 amide bonds. The van der Waals surface area contributed by atoms with E-state index < -0.39 is 0 Å². The van der Waals surface area contributed by atoms with Gasteiger partial charge in [-0.25, -0.2) is 4.98 Å². The summed E-state index contributed by atoms with van der Waals surface area (Å²) in [6, 6.07) is 3.52. The van der Waals surface area contributed by atoms with Crippen LogP contribution in [0.25, 0.3) is 0 Å². The van der Waals surface area contributed by atoms with Crippen molar-refractivity contribution in [2.24, 2.45) is 0 Å². The normalized spacial score (nSPS) is 14.0. The van der Waals surface area contributed by atoms with Gasteiger partial charge in [0.05, 0.1) is 6.54 Å². The van der Waals surface area contributed by atoms with Crippen molar-refractivity contribution in [3.8, 4) is 0 Å². The highest BCUT2D eigenvalue weighted by molar-refractivity contribution is 5.91. The molecule has 25 heavy (non-hydrogen) atoms. The topological polar surface area (TPSA) is 74.5 Å². The van der Waals surface area contributed by atoms with Crippen LogP contribution in [0, 0.1) is 13.8 Å². The zero-order valence-corrected chi connectivity index (χ0v) is 15.3. The van der Waals surface area contributed by atoms with Crippen LogP contribution in [0.15, 0.2) is 16.5 Å². The molecule has 7 heteroatoms. The minimum absolute atomic E-state index is 0.142. The van der Waals surface area contributed by atoms with Crippen molar-refractivity contribution in [3.05, 3.63) is 34.9 Å². The maximum Gasteiger partial charge on any atom is 0.289 e. The van der Waals surface area contributed by atoms with Gasteiger partial charge in [0, 0.05) is 38.4 Å². The molecular weight excluding hydrogens is 318 g/mol. The number of hydrogen-bond acceptors (Lipinski definition) is 6. The Balaban J connectivity index is 1.73. The molecule has 3 heterocycles. The summed E-state index contributed by atoms with van der Waals surface area (Å²) >= 11 is 0. The van der Waals surface area contributed by atoms with Gasteiger partial charge in [-0.05, 0) is 38.8 Å². The summed E-state index contributed by atoms with van der Waals surface area (Å²) in [6.07, 6.45) is 2.38.